The van der Waals surface area contributed by atoms with Crippen molar-refractivity contribution in [3.63, 3.8) is 0 Å². The summed E-state index contributed by atoms with van der Waals surface area (Å²) in [4.78, 5) is 32.4. The highest BCUT2D eigenvalue weighted by atomic mass is 19.4. The van der Waals surface area contributed by atoms with Gasteiger partial charge in [-0.25, -0.2) is 14.6 Å². The lowest BCUT2D eigenvalue weighted by molar-refractivity contribution is -0.142. The SMILES string of the molecule is CN1C(=O)[N+](c2cc(C(F)(F)F)ncn2)(C(C)(C)C)CC1C(=O)O. The van der Waals surface area contributed by atoms with Crippen LogP contribution in [-0.2, 0) is 11.0 Å². The fourth-order valence-electron chi connectivity index (χ4n) is 2.91. The molecule has 0 aliphatic carbocycles. The van der Waals surface area contributed by atoms with Crippen molar-refractivity contribution < 1.29 is 27.9 Å². The minimum atomic E-state index is -4.69. The average Bonchev–Trinajstić information content (AvgIpc) is 2.72. The Morgan fingerprint density at radius 2 is 1.92 bits per heavy atom. The average molecular weight is 347 g/mol. The molecule has 1 aromatic rings. The minimum Gasteiger partial charge on any atom is -0.480 e. The van der Waals surface area contributed by atoms with Crippen LogP contribution in [0.25, 0.3) is 0 Å². The van der Waals surface area contributed by atoms with Crippen LogP contribution in [-0.4, -0.2) is 57.1 Å². The van der Waals surface area contributed by atoms with Gasteiger partial charge in [0, 0.05) is 7.05 Å². The molecule has 1 aliphatic heterocycles. The molecule has 1 aliphatic rings. The van der Waals surface area contributed by atoms with E-state index in [2.05, 4.69) is 9.97 Å². The second-order valence-electron chi connectivity index (χ2n) is 6.67. The van der Waals surface area contributed by atoms with E-state index in [0.29, 0.717) is 6.07 Å². The summed E-state index contributed by atoms with van der Waals surface area (Å²) >= 11 is 0. The molecule has 2 rings (SSSR count). The third-order valence-corrected chi connectivity index (χ3v) is 4.31. The molecule has 24 heavy (non-hydrogen) atoms. The highest BCUT2D eigenvalue weighted by Gasteiger charge is 2.62. The number of alkyl halides is 3. The third kappa shape index (κ3) is 2.60. The molecule has 2 heterocycles. The van der Waals surface area contributed by atoms with Crippen LogP contribution in [0.3, 0.4) is 0 Å². The van der Waals surface area contributed by atoms with Gasteiger partial charge < -0.3 is 5.11 Å². The molecule has 0 radical (unpaired) electrons. The number of amides is 2. The summed E-state index contributed by atoms with van der Waals surface area (Å²) in [7, 11) is 1.32. The van der Waals surface area contributed by atoms with Crippen LogP contribution in [0.15, 0.2) is 12.4 Å². The Morgan fingerprint density at radius 3 is 2.33 bits per heavy atom. The molecule has 2 atom stereocenters. The Hall–Kier alpha value is -2.23. The van der Waals surface area contributed by atoms with Crippen LogP contribution >= 0.6 is 0 Å². The summed E-state index contributed by atoms with van der Waals surface area (Å²) in [6.07, 6.45) is -3.95. The first-order valence-electron chi connectivity index (χ1n) is 7.10. The largest absolute Gasteiger partial charge is 0.480 e. The Labute approximate surface area is 136 Å². The fourth-order valence-corrected chi connectivity index (χ4v) is 2.91. The second-order valence-corrected chi connectivity index (χ2v) is 6.67. The fraction of sp³-hybridized carbons (Fsp3) is 0.571. The lowest BCUT2D eigenvalue weighted by Crippen LogP contribution is -2.64. The van der Waals surface area contributed by atoms with Gasteiger partial charge in [-0.05, 0) is 20.8 Å². The van der Waals surface area contributed by atoms with E-state index in [1.807, 2.05) is 0 Å². The van der Waals surface area contributed by atoms with Crippen molar-refractivity contribution in [3.8, 4) is 0 Å². The molecule has 0 aromatic carbocycles. The number of aromatic nitrogens is 2. The van der Waals surface area contributed by atoms with Crippen molar-refractivity contribution >= 4 is 17.8 Å². The summed E-state index contributed by atoms with van der Waals surface area (Å²) in [6.45, 7) is 4.73. The molecule has 2 amide bonds. The van der Waals surface area contributed by atoms with E-state index in [0.717, 1.165) is 11.2 Å². The smallest absolute Gasteiger partial charge is 0.433 e. The van der Waals surface area contributed by atoms with E-state index in [1.54, 1.807) is 20.8 Å². The van der Waals surface area contributed by atoms with Gasteiger partial charge in [-0.3, -0.25) is 4.90 Å². The second kappa shape index (κ2) is 5.40. The first-order chi connectivity index (χ1) is 10.8. The molecule has 0 bridgehead atoms. The molecule has 7 nitrogen and oxygen atoms in total. The predicted molar refractivity (Wildman–Crippen MR) is 78.0 cm³/mol. The van der Waals surface area contributed by atoms with Gasteiger partial charge in [0.1, 0.15) is 18.4 Å². The summed E-state index contributed by atoms with van der Waals surface area (Å²) in [5.41, 5.74) is -2.09. The number of urea groups is 1. The molecule has 1 fully saturated rings. The van der Waals surface area contributed by atoms with Gasteiger partial charge in [0.2, 0.25) is 5.82 Å². The molecule has 1 saturated heterocycles. The molecular weight excluding hydrogens is 329 g/mol. The van der Waals surface area contributed by atoms with Crippen LogP contribution in [0.5, 0.6) is 0 Å². The lowest BCUT2D eigenvalue weighted by Gasteiger charge is -2.40. The number of hydrogen-bond acceptors (Lipinski definition) is 4. The quantitative estimate of drug-likeness (QED) is 0.829. The number of aliphatic carboxylic acids is 1. The monoisotopic (exact) mass is 347 g/mol. The van der Waals surface area contributed by atoms with Crippen molar-refractivity contribution in [3.05, 3.63) is 18.1 Å². The third-order valence-electron chi connectivity index (χ3n) is 4.31. The maximum atomic E-state index is 13.0. The Balaban J connectivity index is 2.68. The van der Waals surface area contributed by atoms with Gasteiger partial charge in [0.05, 0.1) is 6.07 Å². The van der Waals surface area contributed by atoms with Gasteiger partial charge in [-0.15, -0.1) is 0 Å². The number of quaternary nitrogens is 1. The van der Waals surface area contributed by atoms with Gasteiger partial charge in [0.15, 0.2) is 11.7 Å². The van der Waals surface area contributed by atoms with Crippen LogP contribution in [0.2, 0.25) is 0 Å². The van der Waals surface area contributed by atoms with E-state index in [-0.39, 0.29) is 12.4 Å². The lowest BCUT2D eigenvalue weighted by atomic mass is 10.0. The Kier molecular flexibility index (Phi) is 4.08. The molecule has 2 unspecified atom stereocenters. The van der Waals surface area contributed by atoms with Crippen molar-refractivity contribution in [1.82, 2.24) is 19.4 Å². The zero-order valence-electron chi connectivity index (χ0n) is 13.6. The van der Waals surface area contributed by atoms with E-state index in [4.69, 9.17) is 0 Å². The topological polar surface area (TPSA) is 83.4 Å². The number of halogens is 3. The van der Waals surface area contributed by atoms with Crippen molar-refractivity contribution in [2.24, 2.45) is 0 Å². The van der Waals surface area contributed by atoms with Crippen LogP contribution in [0.1, 0.15) is 26.5 Å². The zero-order chi connectivity index (χ0) is 18.5. The highest BCUT2D eigenvalue weighted by molar-refractivity contribution is 5.95. The minimum absolute atomic E-state index is 0.176. The zero-order valence-corrected chi connectivity index (χ0v) is 13.6. The number of carboxylic acid groups (broad SMARTS) is 1. The van der Waals surface area contributed by atoms with Gasteiger partial charge in [0.25, 0.3) is 0 Å². The Morgan fingerprint density at radius 1 is 1.33 bits per heavy atom. The Bertz CT molecular complexity index is 687. The maximum absolute atomic E-state index is 13.0. The molecule has 10 heteroatoms. The van der Waals surface area contributed by atoms with Crippen LogP contribution in [0, 0.1) is 0 Å². The number of carbonyl (C=O) groups excluding carboxylic acids is 1. The number of carboxylic acids is 1. The van der Waals surface area contributed by atoms with Crippen molar-refractivity contribution in [1.29, 1.82) is 0 Å². The van der Waals surface area contributed by atoms with E-state index >= 15 is 0 Å². The molecule has 132 valence electrons. The first kappa shape index (κ1) is 18.1. The molecule has 1 aromatic heterocycles. The van der Waals surface area contributed by atoms with E-state index < -0.39 is 39.9 Å². The van der Waals surface area contributed by atoms with E-state index in [9.17, 15) is 27.9 Å². The summed E-state index contributed by atoms with van der Waals surface area (Å²) in [6, 6.07) is -1.07. The van der Waals surface area contributed by atoms with Crippen LogP contribution < -0.4 is 4.48 Å². The van der Waals surface area contributed by atoms with E-state index in [1.165, 1.54) is 7.05 Å². The first-order valence-corrected chi connectivity index (χ1v) is 7.10. The molecule has 0 spiro atoms. The molecule has 1 N–H and O–H groups in total. The standard InChI is InChI=1S/C14H17F3N4O3/c1-13(2,3)21(6-8(11(22)23)20(4)12(21)24)10-5-9(14(15,16)17)18-7-19-10/h5,7-8H,6H2,1-4H3/p+1. The van der Waals surface area contributed by atoms with Gasteiger partial charge in [-0.2, -0.15) is 22.6 Å². The predicted octanol–water partition coefficient (Wildman–Crippen LogP) is 2.12. The van der Waals surface area contributed by atoms with Crippen molar-refractivity contribution in [2.75, 3.05) is 13.6 Å². The summed E-state index contributed by atoms with van der Waals surface area (Å²) in [5.74, 6) is -1.40. The summed E-state index contributed by atoms with van der Waals surface area (Å²) < 4.78 is 38.3. The normalized spacial score (nSPS) is 25.2. The number of carbonyl (C=O) groups is 2. The number of likely N-dealkylation sites (N-methyl/N-ethyl adjacent to an activating group) is 1. The summed E-state index contributed by atoms with van der Waals surface area (Å²) in [5, 5.41) is 9.31. The van der Waals surface area contributed by atoms with Gasteiger partial charge in [-0.1, -0.05) is 0 Å². The van der Waals surface area contributed by atoms with Gasteiger partial charge >= 0.3 is 18.2 Å². The van der Waals surface area contributed by atoms with Crippen LogP contribution in [0.4, 0.5) is 23.8 Å². The maximum Gasteiger partial charge on any atom is 0.433 e. The number of hydrogen-bond donors (Lipinski definition) is 1. The number of nitrogens with zero attached hydrogens (tertiary/aromatic N) is 4. The number of rotatable bonds is 2. The van der Waals surface area contributed by atoms with Crippen molar-refractivity contribution in [2.45, 2.75) is 38.5 Å². The molecular formula is C14H18F3N4O3+. The molecule has 0 saturated carbocycles. The highest BCUT2D eigenvalue weighted by Crippen LogP contribution is 2.40.